The number of ether oxygens (including phenoxy) is 1. The number of benzene rings is 1. The van der Waals surface area contributed by atoms with Gasteiger partial charge in [-0.05, 0) is 39.7 Å². The van der Waals surface area contributed by atoms with Gasteiger partial charge < -0.3 is 9.84 Å². The number of aromatic hydroxyl groups is 1. The maximum atomic E-state index is 12.1. The monoisotopic (exact) mass is 368 g/mol. The van der Waals surface area contributed by atoms with Gasteiger partial charge in [-0.15, -0.1) is 0 Å². The Balaban J connectivity index is 2.52. The van der Waals surface area contributed by atoms with Crippen molar-refractivity contribution in [2.75, 3.05) is 21.2 Å². The van der Waals surface area contributed by atoms with Gasteiger partial charge in [-0.2, -0.15) is 0 Å². The van der Waals surface area contributed by atoms with Crippen molar-refractivity contribution in [2.45, 2.75) is 0 Å². The highest BCUT2D eigenvalue weighted by atomic mass is 79.9. The first kappa shape index (κ1) is 16.0. The molecule has 1 fully saturated rings. The fourth-order valence-electron chi connectivity index (χ4n) is 1.97. The number of carbonyl (C=O) groups excluding carboxylic acids is 3. The maximum absolute atomic E-state index is 12.1. The molecule has 22 heavy (non-hydrogen) atoms. The normalized spacial score (nSPS) is 15.5. The molecule has 0 aromatic heterocycles. The number of phenolic OH excluding ortho intramolecular Hbond substituents is 1. The van der Waals surface area contributed by atoms with Crippen molar-refractivity contribution in [3.8, 4) is 11.5 Å². The third-order valence-electron chi connectivity index (χ3n) is 3.23. The minimum absolute atomic E-state index is 0.0876. The largest absolute Gasteiger partial charge is 0.503 e. The second-order valence-corrected chi connectivity index (χ2v) is 5.48. The van der Waals surface area contributed by atoms with Gasteiger partial charge in [0.1, 0.15) is 5.57 Å². The number of phenols is 1. The summed E-state index contributed by atoms with van der Waals surface area (Å²) in [7, 11) is 3.99. The standard InChI is InChI=1S/C14H13BrN2O5/c1-16-12(19)8(13(20)17(2)14(16)21)4-7-5-9(15)11(18)10(6-7)22-3/h4-6,18H,1-3H3. The van der Waals surface area contributed by atoms with E-state index in [9.17, 15) is 19.5 Å². The maximum Gasteiger partial charge on any atom is 0.333 e. The summed E-state index contributed by atoms with van der Waals surface area (Å²) in [6.07, 6.45) is 1.34. The Bertz CT molecular complexity index is 687. The smallest absolute Gasteiger partial charge is 0.333 e. The molecule has 1 N–H and O–H groups in total. The summed E-state index contributed by atoms with van der Waals surface area (Å²) in [5, 5.41) is 9.76. The molecule has 0 bridgehead atoms. The van der Waals surface area contributed by atoms with Crippen LogP contribution in [-0.2, 0) is 9.59 Å². The van der Waals surface area contributed by atoms with Gasteiger partial charge in [0, 0.05) is 14.1 Å². The number of carbonyl (C=O) groups is 3. The second kappa shape index (κ2) is 5.80. The lowest BCUT2D eigenvalue weighted by Gasteiger charge is -2.28. The fraction of sp³-hybridized carbons (Fsp3) is 0.214. The molecule has 0 unspecified atom stereocenters. The van der Waals surface area contributed by atoms with Crippen LogP contribution in [0.3, 0.4) is 0 Å². The Morgan fingerprint density at radius 3 is 2.18 bits per heavy atom. The highest BCUT2D eigenvalue weighted by Gasteiger charge is 2.37. The predicted molar refractivity (Wildman–Crippen MR) is 81.3 cm³/mol. The number of hydrogen-bond acceptors (Lipinski definition) is 5. The topological polar surface area (TPSA) is 87.2 Å². The highest BCUT2D eigenvalue weighted by molar-refractivity contribution is 9.10. The van der Waals surface area contributed by atoms with E-state index in [0.29, 0.717) is 10.0 Å². The van der Waals surface area contributed by atoms with Gasteiger partial charge in [-0.3, -0.25) is 19.4 Å². The molecule has 7 nitrogen and oxygen atoms in total. The van der Waals surface area contributed by atoms with E-state index >= 15 is 0 Å². The molecule has 0 atom stereocenters. The number of amides is 4. The fourth-order valence-corrected chi connectivity index (χ4v) is 2.43. The van der Waals surface area contributed by atoms with Crippen LogP contribution >= 0.6 is 15.9 Å². The number of rotatable bonds is 2. The number of likely N-dealkylation sites (N-methyl/N-ethyl adjacent to an activating group) is 2. The van der Waals surface area contributed by atoms with Gasteiger partial charge in [0.05, 0.1) is 11.6 Å². The number of nitrogens with zero attached hydrogens (tertiary/aromatic N) is 2. The Morgan fingerprint density at radius 1 is 1.14 bits per heavy atom. The van der Waals surface area contributed by atoms with Gasteiger partial charge in [-0.25, -0.2) is 4.79 Å². The van der Waals surface area contributed by atoms with E-state index in [1.54, 1.807) is 0 Å². The summed E-state index contributed by atoms with van der Waals surface area (Å²) < 4.78 is 5.37. The molecule has 1 aromatic rings. The SMILES string of the molecule is COc1cc(C=C2C(=O)N(C)C(=O)N(C)C2=O)cc(Br)c1O. The van der Waals surface area contributed by atoms with Gasteiger partial charge in [0.15, 0.2) is 11.5 Å². The molecule has 1 heterocycles. The summed E-state index contributed by atoms with van der Waals surface area (Å²) in [5.41, 5.74) is 0.318. The molecule has 1 aromatic carbocycles. The number of methoxy groups -OCH3 is 1. The molecule has 1 aliphatic heterocycles. The second-order valence-electron chi connectivity index (χ2n) is 4.62. The molecule has 0 aliphatic carbocycles. The van der Waals surface area contributed by atoms with E-state index in [1.807, 2.05) is 0 Å². The van der Waals surface area contributed by atoms with E-state index in [0.717, 1.165) is 9.80 Å². The predicted octanol–water partition coefficient (Wildman–Crippen LogP) is 1.60. The molecule has 0 radical (unpaired) electrons. The van der Waals surface area contributed by atoms with Crippen molar-refractivity contribution in [1.82, 2.24) is 9.80 Å². The Labute approximate surface area is 134 Å². The van der Waals surface area contributed by atoms with E-state index in [1.165, 1.54) is 39.4 Å². The molecule has 2 rings (SSSR count). The first-order valence-electron chi connectivity index (χ1n) is 6.16. The molecular weight excluding hydrogens is 356 g/mol. The molecule has 1 saturated heterocycles. The van der Waals surface area contributed by atoms with Crippen LogP contribution in [0.15, 0.2) is 22.2 Å². The van der Waals surface area contributed by atoms with Gasteiger partial charge in [-0.1, -0.05) is 0 Å². The summed E-state index contributed by atoms with van der Waals surface area (Å²) in [4.78, 5) is 37.6. The van der Waals surface area contributed by atoms with Crippen LogP contribution in [0.25, 0.3) is 6.08 Å². The molecule has 4 amide bonds. The molecule has 0 spiro atoms. The zero-order valence-corrected chi connectivity index (χ0v) is 13.7. The van der Waals surface area contributed by atoms with E-state index in [2.05, 4.69) is 15.9 Å². The quantitative estimate of drug-likeness (QED) is 0.632. The van der Waals surface area contributed by atoms with Crippen LogP contribution in [0.2, 0.25) is 0 Å². The van der Waals surface area contributed by atoms with Crippen LogP contribution in [-0.4, -0.2) is 54.0 Å². The van der Waals surface area contributed by atoms with Crippen molar-refractivity contribution in [1.29, 1.82) is 0 Å². The van der Waals surface area contributed by atoms with Crippen LogP contribution in [0.1, 0.15) is 5.56 Å². The lowest BCUT2D eigenvalue weighted by molar-refractivity contribution is -0.134. The Morgan fingerprint density at radius 2 is 1.68 bits per heavy atom. The zero-order chi connectivity index (χ0) is 16.6. The third-order valence-corrected chi connectivity index (χ3v) is 3.83. The Kier molecular flexibility index (Phi) is 4.23. The summed E-state index contributed by atoms with van der Waals surface area (Å²) in [6, 6.07) is 2.32. The molecule has 0 saturated carbocycles. The van der Waals surface area contributed by atoms with Crippen LogP contribution in [0.4, 0.5) is 4.79 Å². The van der Waals surface area contributed by atoms with Gasteiger partial charge in [0.2, 0.25) is 0 Å². The minimum Gasteiger partial charge on any atom is -0.503 e. The molecule has 116 valence electrons. The first-order chi connectivity index (χ1) is 10.3. The molecular formula is C14H13BrN2O5. The van der Waals surface area contributed by atoms with Crippen LogP contribution in [0.5, 0.6) is 11.5 Å². The van der Waals surface area contributed by atoms with Crippen molar-refractivity contribution < 1.29 is 24.2 Å². The van der Waals surface area contributed by atoms with Crippen molar-refractivity contribution >= 4 is 39.9 Å². The number of urea groups is 1. The third kappa shape index (κ3) is 2.57. The number of halogens is 1. The highest BCUT2D eigenvalue weighted by Crippen LogP contribution is 2.36. The molecule has 1 aliphatic rings. The Hall–Kier alpha value is -2.35. The van der Waals surface area contributed by atoms with Gasteiger partial charge >= 0.3 is 6.03 Å². The zero-order valence-electron chi connectivity index (χ0n) is 12.1. The van der Waals surface area contributed by atoms with E-state index in [4.69, 9.17) is 4.74 Å². The summed E-state index contributed by atoms with van der Waals surface area (Å²) >= 11 is 3.16. The van der Waals surface area contributed by atoms with Crippen molar-refractivity contribution in [3.05, 3.63) is 27.7 Å². The number of hydrogen-bond donors (Lipinski definition) is 1. The minimum atomic E-state index is -0.684. The van der Waals surface area contributed by atoms with E-state index < -0.39 is 17.8 Å². The lowest BCUT2D eigenvalue weighted by Crippen LogP contribution is -2.52. The number of barbiturate groups is 1. The summed E-state index contributed by atoms with van der Waals surface area (Å²) in [5.74, 6) is -1.27. The van der Waals surface area contributed by atoms with Crippen molar-refractivity contribution in [2.24, 2.45) is 0 Å². The van der Waals surface area contributed by atoms with Crippen LogP contribution in [0, 0.1) is 0 Å². The number of imide groups is 2. The van der Waals surface area contributed by atoms with Crippen molar-refractivity contribution in [3.63, 3.8) is 0 Å². The first-order valence-corrected chi connectivity index (χ1v) is 6.95. The van der Waals surface area contributed by atoms with Crippen LogP contribution < -0.4 is 4.74 Å². The molecule has 8 heteroatoms. The van der Waals surface area contributed by atoms with E-state index in [-0.39, 0.29) is 17.1 Å². The lowest BCUT2D eigenvalue weighted by atomic mass is 10.1. The average Bonchev–Trinajstić information content (AvgIpc) is 2.50. The van der Waals surface area contributed by atoms with Gasteiger partial charge in [0.25, 0.3) is 11.8 Å². The summed E-state index contributed by atoms with van der Waals surface area (Å²) in [6.45, 7) is 0. The average molecular weight is 369 g/mol.